The summed E-state index contributed by atoms with van der Waals surface area (Å²) in [6.45, 7) is 2.51. The first kappa shape index (κ1) is 15.5. The molecular weight excluding hydrogens is 390 g/mol. The number of halogens is 2. The molecular formula is C14H15Br2NO3. The minimum atomic E-state index is -0.932. The van der Waals surface area contributed by atoms with Crippen LogP contribution in [-0.2, 0) is 4.79 Å². The molecule has 0 aliphatic carbocycles. The number of piperidine rings is 1. The lowest BCUT2D eigenvalue weighted by Gasteiger charge is -2.36. The van der Waals surface area contributed by atoms with Crippen molar-refractivity contribution in [1.29, 1.82) is 0 Å². The number of carboxylic acid groups (broad SMARTS) is 1. The van der Waals surface area contributed by atoms with E-state index in [4.69, 9.17) is 0 Å². The molecule has 0 saturated carbocycles. The highest BCUT2D eigenvalue weighted by molar-refractivity contribution is 9.11. The van der Waals surface area contributed by atoms with Gasteiger partial charge in [-0.1, -0.05) is 38.8 Å². The van der Waals surface area contributed by atoms with Crippen molar-refractivity contribution in [1.82, 2.24) is 4.90 Å². The largest absolute Gasteiger partial charge is 0.480 e. The number of carbonyl (C=O) groups excluding carboxylic acids is 1. The molecule has 1 aromatic rings. The van der Waals surface area contributed by atoms with Gasteiger partial charge in [0.25, 0.3) is 5.91 Å². The van der Waals surface area contributed by atoms with E-state index < -0.39 is 12.0 Å². The van der Waals surface area contributed by atoms with Crippen molar-refractivity contribution in [2.75, 3.05) is 6.54 Å². The van der Waals surface area contributed by atoms with Crippen molar-refractivity contribution >= 4 is 43.7 Å². The lowest BCUT2D eigenvalue weighted by molar-refractivity contribution is -0.144. The molecule has 1 saturated heterocycles. The van der Waals surface area contributed by atoms with Crippen LogP contribution in [0.1, 0.15) is 30.1 Å². The van der Waals surface area contributed by atoms with E-state index >= 15 is 0 Å². The summed E-state index contributed by atoms with van der Waals surface area (Å²) in [6, 6.07) is 4.53. The maximum atomic E-state index is 12.5. The number of rotatable bonds is 2. The van der Waals surface area contributed by atoms with Crippen LogP contribution in [0.2, 0.25) is 0 Å². The maximum Gasteiger partial charge on any atom is 0.326 e. The monoisotopic (exact) mass is 403 g/mol. The molecule has 108 valence electrons. The van der Waals surface area contributed by atoms with Crippen LogP contribution in [0.5, 0.6) is 0 Å². The molecule has 1 aliphatic rings. The number of hydrogen-bond donors (Lipinski definition) is 1. The van der Waals surface area contributed by atoms with Crippen molar-refractivity contribution in [3.8, 4) is 0 Å². The van der Waals surface area contributed by atoms with E-state index in [1.165, 1.54) is 4.90 Å². The normalized spacial score (nSPS) is 22.6. The van der Waals surface area contributed by atoms with Crippen LogP contribution in [0.15, 0.2) is 27.1 Å². The van der Waals surface area contributed by atoms with E-state index in [1.54, 1.807) is 12.1 Å². The summed E-state index contributed by atoms with van der Waals surface area (Å²) in [7, 11) is 0. The lowest BCUT2D eigenvalue weighted by Crippen LogP contribution is -2.49. The van der Waals surface area contributed by atoms with E-state index in [9.17, 15) is 14.7 Å². The van der Waals surface area contributed by atoms with Crippen molar-refractivity contribution in [3.05, 3.63) is 32.7 Å². The van der Waals surface area contributed by atoms with E-state index in [-0.39, 0.29) is 5.91 Å². The van der Waals surface area contributed by atoms with Crippen molar-refractivity contribution in [3.63, 3.8) is 0 Å². The second kappa shape index (κ2) is 6.26. The summed E-state index contributed by atoms with van der Waals surface area (Å²) in [6.07, 6.45) is 1.35. The molecule has 2 unspecified atom stereocenters. The Labute approximate surface area is 134 Å². The average Bonchev–Trinajstić information content (AvgIpc) is 2.36. The molecule has 0 spiro atoms. The Morgan fingerprint density at radius 1 is 1.25 bits per heavy atom. The summed E-state index contributed by atoms with van der Waals surface area (Å²) in [4.78, 5) is 25.4. The molecule has 0 bridgehead atoms. The van der Waals surface area contributed by atoms with Gasteiger partial charge in [-0.05, 0) is 37.0 Å². The summed E-state index contributed by atoms with van der Waals surface area (Å²) >= 11 is 6.68. The van der Waals surface area contributed by atoms with Crippen LogP contribution >= 0.6 is 31.9 Å². The molecule has 0 aromatic heterocycles. The highest BCUT2D eigenvalue weighted by Gasteiger charge is 2.35. The maximum absolute atomic E-state index is 12.5. The predicted octanol–water partition coefficient (Wildman–Crippen LogP) is 3.54. The van der Waals surface area contributed by atoms with Crippen LogP contribution in [0.3, 0.4) is 0 Å². The number of likely N-dealkylation sites (tertiary alicyclic amines) is 1. The summed E-state index contributed by atoms with van der Waals surface area (Å²) in [5, 5.41) is 9.32. The Hall–Kier alpha value is -0.880. The minimum Gasteiger partial charge on any atom is -0.480 e. The number of aliphatic carboxylic acids is 1. The van der Waals surface area contributed by atoms with Crippen LogP contribution < -0.4 is 0 Å². The van der Waals surface area contributed by atoms with Crippen molar-refractivity contribution < 1.29 is 14.7 Å². The fraction of sp³-hybridized carbons (Fsp3) is 0.429. The number of hydrogen-bond acceptors (Lipinski definition) is 2. The summed E-state index contributed by atoms with van der Waals surface area (Å²) in [5.41, 5.74) is 0.493. The fourth-order valence-electron chi connectivity index (χ4n) is 2.46. The molecule has 1 fully saturated rings. The fourth-order valence-corrected chi connectivity index (χ4v) is 3.76. The minimum absolute atomic E-state index is 0.230. The number of benzene rings is 1. The summed E-state index contributed by atoms with van der Waals surface area (Å²) < 4.78 is 1.57. The van der Waals surface area contributed by atoms with Gasteiger partial charge in [0.1, 0.15) is 6.04 Å². The zero-order valence-corrected chi connectivity index (χ0v) is 14.1. The molecule has 2 atom stereocenters. The van der Waals surface area contributed by atoms with Gasteiger partial charge in [-0.15, -0.1) is 0 Å². The zero-order chi connectivity index (χ0) is 14.9. The Balaban J connectivity index is 2.28. The van der Waals surface area contributed by atoms with Crippen LogP contribution in [0, 0.1) is 5.92 Å². The van der Waals surface area contributed by atoms with E-state index in [0.717, 1.165) is 15.4 Å². The highest BCUT2D eigenvalue weighted by Crippen LogP contribution is 2.26. The number of nitrogens with zero attached hydrogens (tertiary/aromatic N) is 1. The molecule has 1 aromatic carbocycles. The second-order valence-corrected chi connectivity index (χ2v) is 6.97. The topological polar surface area (TPSA) is 57.6 Å². The van der Waals surface area contributed by atoms with E-state index in [0.29, 0.717) is 24.4 Å². The predicted molar refractivity (Wildman–Crippen MR) is 82.7 cm³/mol. The zero-order valence-electron chi connectivity index (χ0n) is 11.0. The van der Waals surface area contributed by atoms with Crippen LogP contribution in [0.4, 0.5) is 0 Å². The first-order valence-electron chi connectivity index (χ1n) is 6.38. The number of carbonyl (C=O) groups is 2. The molecule has 6 heteroatoms. The molecule has 1 N–H and O–H groups in total. The number of carboxylic acids is 1. The van der Waals surface area contributed by atoms with Gasteiger partial charge in [0.2, 0.25) is 0 Å². The van der Waals surface area contributed by atoms with Gasteiger partial charge in [0, 0.05) is 21.1 Å². The Morgan fingerprint density at radius 2 is 1.85 bits per heavy atom. The van der Waals surface area contributed by atoms with Gasteiger partial charge in [-0.2, -0.15) is 0 Å². The Kier molecular flexibility index (Phi) is 4.86. The highest BCUT2D eigenvalue weighted by atomic mass is 79.9. The van der Waals surface area contributed by atoms with Crippen molar-refractivity contribution in [2.45, 2.75) is 25.8 Å². The molecule has 1 amide bonds. The smallest absolute Gasteiger partial charge is 0.326 e. The quantitative estimate of drug-likeness (QED) is 0.820. The third kappa shape index (κ3) is 3.41. The SMILES string of the molecule is CC1CCN(C(=O)c2cc(Br)cc(Br)c2)C(C(=O)O)C1. The number of amides is 1. The van der Waals surface area contributed by atoms with Gasteiger partial charge >= 0.3 is 5.97 Å². The Morgan fingerprint density at radius 3 is 2.40 bits per heavy atom. The third-order valence-corrected chi connectivity index (χ3v) is 4.44. The lowest BCUT2D eigenvalue weighted by atomic mass is 9.92. The standard InChI is InChI=1S/C14H15Br2NO3/c1-8-2-3-17(12(4-8)14(19)20)13(18)9-5-10(15)7-11(16)6-9/h5-8,12H,2-4H2,1H3,(H,19,20). The first-order chi connectivity index (χ1) is 9.38. The Bertz CT molecular complexity index is 527. The van der Waals surface area contributed by atoms with Gasteiger partial charge < -0.3 is 10.0 Å². The van der Waals surface area contributed by atoms with Crippen LogP contribution in [0.25, 0.3) is 0 Å². The van der Waals surface area contributed by atoms with Crippen molar-refractivity contribution in [2.24, 2.45) is 5.92 Å². The molecule has 20 heavy (non-hydrogen) atoms. The average molecular weight is 405 g/mol. The molecule has 2 rings (SSSR count). The molecule has 4 nitrogen and oxygen atoms in total. The van der Waals surface area contributed by atoms with Gasteiger partial charge in [-0.25, -0.2) is 4.79 Å². The molecule has 1 heterocycles. The molecule has 0 radical (unpaired) electrons. The first-order valence-corrected chi connectivity index (χ1v) is 7.97. The second-order valence-electron chi connectivity index (χ2n) is 5.14. The van der Waals surface area contributed by atoms with Crippen LogP contribution in [-0.4, -0.2) is 34.5 Å². The van der Waals surface area contributed by atoms with Gasteiger partial charge in [-0.3, -0.25) is 4.79 Å². The molecule has 1 aliphatic heterocycles. The van der Waals surface area contributed by atoms with Gasteiger partial charge in [0.15, 0.2) is 0 Å². The van der Waals surface area contributed by atoms with Gasteiger partial charge in [0.05, 0.1) is 0 Å². The van der Waals surface area contributed by atoms with E-state index in [1.807, 2.05) is 13.0 Å². The summed E-state index contributed by atoms with van der Waals surface area (Å²) in [5.74, 6) is -0.834. The third-order valence-electron chi connectivity index (χ3n) is 3.52. The van der Waals surface area contributed by atoms with E-state index in [2.05, 4.69) is 31.9 Å².